The maximum absolute atomic E-state index is 5.62. The first-order chi connectivity index (χ1) is 8.19. The number of rotatable bonds is 4. The summed E-state index contributed by atoms with van der Waals surface area (Å²) >= 11 is 0. The third-order valence-electron chi connectivity index (χ3n) is 4.18. The Kier molecular flexibility index (Phi) is 3.72. The predicted molar refractivity (Wildman–Crippen MR) is 71.6 cm³/mol. The van der Waals surface area contributed by atoms with Crippen molar-refractivity contribution < 1.29 is 4.74 Å². The quantitative estimate of drug-likeness (QED) is 0.861. The molecule has 2 heteroatoms. The van der Waals surface area contributed by atoms with Gasteiger partial charge in [0.25, 0.3) is 0 Å². The van der Waals surface area contributed by atoms with E-state index in [9.17, 15) is 0 Å². The Hall–Kier alpha value is -1.02. The lowest BCUT2D eigenvalue weighted by atomic mass is 9.76. The van der Waals surface area contributed by atoms with Crippen LogP contribution in [0.25, 0.3) is 0 Å². The number of hydrogen-bond donors (Lipinski definition) is 1. The summed E-state index contributed by atoms with van der Waals surface area (Å²) in [5.74, 6) is 1.84. The van der Waals surface area contributed by atoms with E-state index in [1.165, 1.54) is 36.0 Å². The van der Waals surface area contributed by atoms with Gasteiger partial charge in [0.2, 0.25) is 0 Å². The minimum Gasteiger partial charge on any atom is -0.496 e. The maximum atomic E-state index is 5.62. The number of aryl methyl sites for hydroxylation is 1. The highest BCUT2D eigenvalue weighted by Crippen LogP contribution is 2.41. The van der Waals surface area contributed by atoms with Crippen LogP contribution in [0.5, 0.6) is 5.75 Å². The average molecular weight is 233 g/mol. The van der Waals surface area contributed by atoms with Gasteiger partial charge in [-0.15, -0.1) is 0 Å². The highest BCUT2D eigenvalue weighted by molar-refractivity contribution is 5.47. The van der Waals surface area contributed by atoms with E-state index < -0.39 is 0 Å². The molecule has 1 fully saturated rings. The fourth-order valence-electron chi connectivity index (χ4n) is 2.75. The predicted octanol–water partition coefficient (Wildman–Crippen LogP) is 3.37. The Morgan fingerprint density at radius 2 is 2.00 bits per heavy atom. The zero-order chi connectivity index (χ0) is 12.4. The molecule has 1 saturated carbocycles. The Labute approximate surface area is 104 Å². The first-order valence-electron chi connectivity index (χ1n) is 6.50. The summed E-state index contributed by atoms with van der Waals surface area (Å²) in [7, 11) is 3.83. The van der Waals surface area contributed by atoms with E-state index in [-0.39, 0.29) is 0 Å². The maximum Gasteiger partial charge on any atom is 0.126 e. The Morgan fingerprint density at radius 1 is 1.29 bits per heavy atom. The molecule has 1 N–H and O–H groups in total. The van der Waals surface area contributed by atoms with Crippen molar-refractivity contribution in [3.8, 4) is 5.75 Å². The van der Waals surface area contributed by atoms with Crippen molar-refractivity contribution in [3.05, 3.63) is 28.8 Å². The molecule has 1 aliphatic carbocycles. The Morgan fingerprint density at radius 3 is 2.47 bits per heavy atom. The Balaban J connectivity index is 2.38. The zero-order valence-electron chi connectivity index (χ0n) is 11.3. The lowest BCUT2D eigenvalue weighted by molar-refractivity contribution is 0.235. The van der Waals surface area contributed by atoms with Gasteiger partial charge in [0.15, 0.2) is 0 Å². The van der Waals surface area contributed by atoms with Gasteiger partial charge in [-0.2, -0.15) is 0 Å². The van der Waals surface area contributed by atoms with Gasteiger partial charge < -0.3 is 10.1 Å². The molecule has 94 valence electrons. The van der Waals surface area contributed by atoms with Crippen LogP contribution in [-0.2, 0) is 0 Å². The molecule has 0 spiro atoms. The van der Waals surface area contributed by atoms with E-state index in [0.717, 1.165) is 11.7 Å². The van der Waals surface area contributed by atoms with Gasteiger partial charge in [-0.1, -0.05) is 18.6 Å². The van der Waals surface area contributed by atoms with Crippen LogP contribution in [0.2, 0.25) is 0 Å². The minimum absolute atomic E-state index is 0.443. The number of benzene rings is 1. The van der Waals surface area contributed by atoms with Crippen molar-refractivity contribution in [2.24, 2.45) is 5.92 Å². The summed E-state index contributed by atoms with van der Waals surface area (Å²) in [6.45, 7) is 4.28. The number of ether oxygens (including phenoxy) is 1. The average Bonchev–Trinajstić information content (AvgIpc) is 2.27. The van der Waals surface area contributed by atoms with Crippen LogP contribution in [0.15, 0.2) is 12.1 Å². The first-order valence-corrected chi connectivity index (χ1v) is 6.50. The summed E-state index contributed by atoms with van der Waals surface area (Å²) in [5, 5.41) is 3.46. The van der Waals surface area contributed by atoms with E-state index >= 15 is 0 Å². The highest BCUT2D eigenvalue weighted by atomic mass is 16.5. The molecule has 2 rings (SSSR count). The molecular weight excluding hydrogens is 210 g/mol. The topological polar surface area (TPSA) is 21.3 Å². The monoisotopic (exact) mass is 233 g/mol. The molecule has 0 heterocycles. The van der Waals surface area contributed by atoms with Gasteiger partial charge in [-0.3, -0.25) is 0 Å². The second-order valence-electron chi connectivity index (χ2n) is 5.09. The summed E-state index contributed by atoms with van der Waals surface area (Å²) in [6, 6.07) is 4.87. The van der Waals surface area contributed by atoms with Crippen LogP contribution in [0.3, 0.4) is 0 Å². The number of hydrogen-bond acceptors (Lipinski definition) is 2. The highest BCUT2D eigenvalue weighted by Gasteiger charge is 2.29. The molecule has 1 unspecified atom stereocenters. The largest absolute Gasteiger partial charge is 0.496 e. The summed E-state index contributed by atoms with van der Waals surface area (Å²) in [5.41, 5.74) is 3.89. The molecule has 1 aliphatic rings. The van der Waals surface area contributed by atoms with Gasteiger partial charge in [-0.25, -0.2) is 0 Å². The molecule has 0 radical (unpaired) electrons. The van der Waals surface area contributed by atoms with Crippen LogP contribution in [-0.4, -0.2) is 14.2 Å². The van der Waals surface area contributed by atoms with Crippen molar-refractivity contribution in [1.82, 2.24) is 5.32 Å². The molecule has 1 aromatic carbocycles. The van der Waals surface area contributed by atoms with E-state index in [1.54, 1.807) is 7.11 Å². The smallest absolute Gasteiger partial charge is 0.126 e. The summed E-state index contributed by atoms with van der Waals surface area (Å²) in [6.07, 6.45) is 4.04. The van der Waals surface area contributed by atoms with Crippen molar-refractivity contribution in [1.29, 1.82) is 0 Å². The minimum atomic E-state index is 0.443. The third kappa shape index (κ3) is 2.19. The normalized spacial score (nSPS) is 17.6. The standard InChI is InChI=1S/C15H23NO/c1-10-8-9-13(15(17-4)11(10)2)14(16-3)12-6-5-7-12/h8-9,12,14,16H,5-7H2,1-4H3. The number of nitrogens with one attached hydrogen (secondary N) is 1. The van der Waals surface area contributed by atoms with Gasteiger partial charge in [-0.05, 0) is 50.8 Å². The summed E-state index contributed by atoms with van der Waals surface area (Å²) < 4.78 is 5.62. The molecule has 0 saturated heterocycles. The molecule has 0 amide bonds. The SMILES string of the molecule is CNC(c1ccc(C)c(C)c1OC)C1CCC1. The molecule has 1 atom stereocenters. The van der Waals surface area contributed by atoms with Crippen LogP contribution in [0.4, 0.5) is 0 Å². The van der Waals surface area contributed by atoms with E-state index in [2.05, 4.69) is 38.3 Å². The van der Waals surface area contributed by atoms with E-state index in [0.29, 0.717) is 6.04 Å². The number of methoxy groups -OCH3 is 1. The molecule has 0 aliphatic heterocycles. The van der Waals surface area contributed by atoms with Crippen LogP contribution >= 0.6 is 0 Å². The Bertz CT molecular complexity index is 396. The van der Waals surface area contributed by atoms with E-state index in [4.69, 9.17) is 4.74 Å². The van der Waals surface area contributed by atoms with Crippen molar-refractivity contribution in [3.63, 3.8) is 0 Å². The fraction of sp³-hybridized carbons (Fsp3) is 0.600. The lowest BCUT2D eigenvalue weighted by Gasteiger charge is -2.35. The second-order valence-corrected chi connectivity index (χ2v) is 5.09. The lowest BCUT2D eigenvalue weighted by Crippen LogP contribution is -2.30. The molecule has 1 aromatic rings. The van der Waals surface area contributed by atoms with Crippen molar-refractivity contribution in [2.75, 3.05) is 14.2 Å². The van der Waals surface area contributed by atoms with E-state index in [1.807, 2.05) is 0 Å². The van der Waals surface area contributed by atoms with Crippen LogP contribution < -0.4 is 10.1 Å². The van der Waals surface area contributed by atoms with Crippen LogP contribution in [0, 0.1) is 19.8 Å². The van der Waals surface area contributed by atoms with Gasteiger partial charge in [0.05, 0.1) is 7.11 Å². The van der Waals surface area contributed by atoms with Gasteiger partial charge in [0, 0.05) is 11.6 Å². The third-order valence-corrected chi connectivity index (χ3v) is 4.18. The van der Waals surface area contributed by atoms with Gasteiger partial charge >= 0.3 is 0 Å². The molecule has 17 heavy (non-hydrogen) atoms. The van der Waals surface area contributed by atoms with Crippen molar-refractivity contribution in [2.45, 2.75) is 39.2 Å². The second kappa shape index (κ2) is 5.09. The molecule has 0 bridgehead atoms. The summed E-state index contributed by atoms with van der Waals surface area (Å²) in [4.78, 5) is 0. The first kappa shape index (κ1) is 12.4. The van der Waals surface area contributed by atoms with Crippen molar-refractivity contribution >= 4 is 0 Å². The zero-order valence-corrected chi connectivity index (χ0v) is 11.3. The van der Waals surface area contributed by atoms with Crippen LogP contribution in [0.1, 0.15) is 42.0 Å². The molecule has 0 aromatic heterocycles. The fourth-order valence-corrected chi connectivity index (χ4v) is 2.75. The molecular formula is C15H23NO. The molecule has 2 nitrogen and oxygen atoms in total. The van der Waals surface area contributed by atoms with Gasteiger partial charge in [0.1, 0.15) is 5.75 Å².